The maximum Gasteiger partial charge on any atom is 0.336 e. The van der Waals surface area contributed by atoms with Crippen LogP contribution in [0.2, 0.25) is 0 Å². The van der Waals surface area contributed by atoms with Gasteiger partial charge in [-0.05, 0) is 18.2 Å². The first kappa shape index (κ1) is 11.5. The van der Waals surface area contributed by atoms with E-state index < -0.39 is 5.63 Å². The molecule has 6 heteroatoms. The van der Waals surface area contributed by atoms with Gasteiger partial charge in [-0.2, -0.15) is 4.98 Å². The molecule has 0 atom stereocenters. The molecule has 0 aliphatic heterocycles. The molecule has 3 rings (SSSR count). The molecule has 0 N–H and O–H groups in total. The molecule has 0 saturated heterocycles. The first-order valence-electron chi connectivity index (χ1n) is 5.66. The van der Waals surface area contributed by atoms with Crippen LogP contribution in [0.4, 0.5) is 0 Å². The van der Waals surface area contributed by atoms with Crippen LogP contribution in [-0.2, 0) is 6.61 Å². The van der Waals surface area contributed by atoms with Gasteiger partial charge >= 0.3 is 5.63 Å². The summed E-state index contributed by atoms with van der Waals surface area (Å²) < 4.78 is 15.4. The summed E-state index contributed by atoms with van der Waals surface area (Å²) in [4.78, 5) is 15.2. The van der Waals surface area contributed by atoms with Gasteiger partial charge in [0.15, 0.2) is 6.61 Å². The standard InChI is InChI=1S/C13H10N2O4/c1-8-14-12(15-19-8)7-17-10-4-2-9-3-5-13(16)18-11(9)6-10/h2-6H,7H2,1H3. The van der Waals surface area contributed by atoms with E-state index in [-0.39, 0.29) is 6.61 Å². The molecule has 3 aromatic rings. The minimum absolute atomic E-state index is 0.194. The van der Waals surface area contributed by atoms with Gasteiger partial charge in [0.2, 0.25) is 11.7 Å². The molecule has 0 fully saturated rings. The van der Waals surface area contributed by atoms with E-state index in [1.165, 1.54) is 6.07 Å². The largest absolute Gasteiger partial charge is 0.485 e. The van der Waals surface area contributed by atoms with Crippen molar-refractivity contribution >= 4 is 11.0 Å². The molecular formula is C13H10N2O4. The Bertz CT molecular complexity index is 775. The zero-order chi connectivity index (χ0) is 13.2. The molecule has 0 radical (unpaired) electrons. The van der Waals surface area contributed by atoms with Crippen molar-refractivity contribution in [3.05, 3.63) is 52.5 Å². The van der Waals surface area contributed by atoms with Gasteiger partial charge in [-0.1, -0.05) is 5.16 Å². The van der Waals surface area contributed by atoms with E-state index in [1.807, 2.05) is 6.07 Å². The number of rotatable bonds is 3. The predicted octanol–water partition coefficient (Wildman–Crippen LogP) is 2.06. The van der Waals surface area contributed by atoms with Crippen LogP contribution in [0.1, 0.15) is 11.7 Å². The first-order valence-corrected chi connectivity index (χ1v) is 5.66. The SMILES string of the molecule is Cc1nc(COc2ccc3ccc(=O)oc3c2)no1. The number of hydrogen-bond acceptors (Lipinski definition) is 6. The molecule has 0 amide bonds. The first-order chi connectivity index (χ1) is 9.20. The Balaban J connectivity index is 1.83. The van der Waals surface area contributed by atoms with Crippen LogP contribution in [-0.4, -0.2) is 10.1 Å². The van der Waals surface area contributed by atoms with Crippen molar-refractivity contribution in [1.29, 1.82) is 0 Å². The second-order valence-corrected chi connectivity index (χ2v) is 3.97. The zero-order valence-electron chi connectivity index (χ0n) is 10.1. The zero-order valence-corrected chi connectivity index (χ0v) is 10.1. The topological polar surface area (TPSA) is 78.4 Å². The Morgan fingerprint density at radius 3 is 2.89 bits per heavy atom. The Morgan fingerprint density at radius 1 is 1.26 bits per heavy atom. The van der Waals surface area contributed by atoms with Gasteiger partial charge in [0.05, 0.1) is 0 Å². The van der Waals surface area contributed by atoms with Gasteiger partial charge in [-0.3, -0.25) is 0 Å². The normalized spacial score (nSPS) is 10.8. The van der Waals surface area contributed by atoms with Crippen LogP contribution >= 0.6 is 0 Å². The maximum atomic E-state index is 11.1. The summed E-state index contributed by atoms with van der Waals surface area (Å²) in [6.45, 7) is 1.90. The third kappa shape index (κ3) is 2.47. The van der Waals surface area contributed by atoms with Gasteiger partial charge in [-0.15, -0.1) is 0 Å². The van der Waals surface area contributed by atoms with Gasteiger partial charge in [0, 0.05) is 24.4 Å². The minimum atomic E-state index is -0.390. The molecule has 0 bridgehead atoms. The summed E-state index contributed by atoms with van der Waals surface area (Å²) in [7, 11) is 0. The average molecular weight is 258 g/mol. The molecule has 0 aliphatic carbocycles. The molecule has 0 aliphatic rings. The fourth-order valence-corrected chi connectivity index (χ4v) is 1.68. The quantitative estimate of drug-likeness (QED) is 0.669. The lowest BCUT2D eigenvalue weighted by Crippen LogP contribution is -1.98. The van der Waals surface area contributed by atoms with Crippen LogP contribution in [0.3, 0.4) is 0 Å². The monoisotopic (exact) mass is 258 g/mol. The van der Waals surface area contributed by atoms with Crippen molar-refractivity contribution in [1.82, 2.24) is 10.1 Å². The smallest absolute Gasteiger partial charge is 0.336 e. The lowest BCUT2D eigenvalue weighted by atomic mass is 10.2. The summed E-state index contributed by atoms with van der Waals surface area (Å²) >= 11 is 0. The summed E-state index contributed by atoms with van der Waals surface area (Å²) in [5.74, 6) is 1.53. The molecule has 0 unspecified atom stereocenters. The predicted molar refractivity (Wildman–Crippen MR) is 65.9 cm³/mol. The number of ether oxygens (including phenoxy) is 1. The number of aromatic nitrogens is 2. The lowest BCUT2D eigenvalue weighted by molar-refractivity contribution is 0.285. The molecule has 1 aromatic carbocycles. The van der Waals surface area contributed by atoms with Crippen LogP contribution in [0.25, 0.3) is 11.0 Å². The molecular weight excluding hydrogens is 248 g/mol. The Labute approximate surface area is 107 Å². The fourth-order valence-electron chi connectivity index (χ4n) is 1.68. The third-order valence-electron chi connectivity index (χ3n) is 2.53. The molecule has 19 heavy (non-hydrogen) atoms. The van der Waals surface area contributed by atoms with Gasteiger partial charge in [0.25, 0.3) is 0 Å². The molecule has 2 aromatic heterocycles. The molecule has 0 spiro atoms. The van der Waals surface area contributed by atoms with Crippen molar-refractivity contribution in [3.63, 3.8) is 0 Å². The summed E-state index contributed by atoms with van der Waals surface area (Å²) in [6.07, 6.45) is 0. The van der Waals surface area contributed by atoms with Gasteiger partial charge < -0.3 is 13.7 Å². The fraction of sp³-hybridized carbons (Fsp3) is 0.154. The van der Waals surface area contributed by atoms with Crippen molar-refractivity contribution in [2.75, 3.05) is 0 Å². The van der Waals surface area contributed by atoms with Crippen molar-refractivity contribution in [2.24, 2.45) is 0 Å². The molecule has 2 heterocycles. The van der Waals surface area contributed by atoms with E-state index in [0.717, 1.165) is 5.39 Å². The van der Waals surface area contributed by atoms with Crippen LogP contribution < -0.4 is 10.4 Å². The highest BCUT2D eigenvalue weighted by molar-refractivity contribution is 5.77. The highest BCUT2D eigenvalue weighted by Crippen LogP contribution is 2.20. The minimum Gasteiger partial charge on any atom is -0.485 e. The summed E-state index contributed by atoms with van der Waals surface area (Å²) in [5.41, 5.74) is 0.0905. The van der Waals surface area contributed by atoms with E-state index in [9.17, 15) is 4.79 Å². The van der Waals surface area contributed by atoms with Crippen LogP contribution in [0.5, 0.6) is 5.75 Å². The highest BCUT2D eigenvalue weighted by atomic mass is 16.5. The number of benzene rings is 1. The van der Waals surface area contributed by atoms with Crippen LogP contribution in [0, 0.1) is 6.92 Å². The highest BCUT2D eigenvalue weighted by Gasteiger charge is 2.04. The number of hydrogen-bond donors (Lipinski definition) is 0. The van der Waals surface area contributed by atoms with E-state index in [4.69, 9.17) is 13.7 Å². The average Bonchev–Trinajstić information content (AvgIpc) is 2.81. The van der Waals surface area contributed by atoms with E-state index >= 15 is 0 Å². The molecule has 6 nitrogen and oxygen atoms in total. The number of fused-ring (bicyclic) bond motifs is 1. The van der Waals surface area contributed by atoms with E-state index in [0.29, 0.717) is 23.0 Å². The Kier molecular flexibility index (Phi) is 2.75. The van der Waals surface area contributed by atoms with Crippen molar-refractivity contribution in [2.45, 2.75) is 13.5 Å². The Hall–Kier alpha value is -2.63. The Morgan fingerprint density at radius 2 is 2.11 bits per heavy atom. The van der Waals surface area contributed by atoms with E-state index in [1.54, 1.807) is 25.1 Å². The summed E-state index contributed by atoms with van der Waals surface area (Å²) in [5, 5.41) is 4.56. The third-order valence-corrected chi connectivity index (χ3v) is 2.53. The molecule has 96 valence electrons. The van der Waals surface area contributed by atoms with Crippen LogP contribution in [0.15, 0.2) is 44.1 Å². The van der Waals surface area contributed by atoms with Crippen molar-refractivity contribution in [3.8, 4) is 5.75 Å². The molecule has 0 saturated carbocycles. The summed E-state index contributed by atoms with van der Waals surface area (Å²) in [6, 6.07) is 8.34. The van der Waals surface area contributed by atoms with Gasteiger partial charge in [0.1, 0.15) is 11.3 Å². The second kappa shape index (κ2) is 4.56. The maximum absolute atomic E-state index is 11.1. The van der Waals surface area contributed by atoms with E-state index in [2.05, 4.69) is 10.1 Å². The number of nitrogens with zero attached hydrogens (tertiary/aromatic N) is 2. The second-order valence-electron chi connectivity index (χ2n) is 3.97. The van der Waals surface area contributed by atoms with Crippen molar-refractivity contribution < 1.29 is 13.7 Å². The van der Waals surface area contributed by atoms with Gasteiger partial charge in [-0.25, -0.2) is 4.79 Å². The number of aryl methyl sites for hydroxylation is 1. The lowest BCUT2D eigenvalue weighted by Gasteiger charge is -2.03.